The Balaban J connectivity index is 2.34. The minimum atomic E-state index is -2.08. The van der Waals surface area contributed by atoms with E-state index in [0.29, 0.717) is 19.2 Å². The summed E-state index contributed by atoms with van der Waals surface area (Å²) in [4.78, 5) is 0. The Kier molecular flexibility index (Phi) is 6.68. The molecule has 0 aromatic heterocycles. The van der Waals surface area contributed by atoms with E-state index in [1.165, 1.54) is 15.9 Å². The Morgan fingerprint density at radius 1 is 0.630 bits per heavy atom. The largest absolute Gasteiger partial charge is 0.463 e. The maximum absolute atomic E-state index is 5.87. The Morgan fingerprint density at radius 2 is 0.963 bits per heavy atom. The Hall–Kier alpha value is -2.57. The van der Waals surface area contributed by atoms with E-state index in [9.17, 15) is 0 Å². The van der Waals surface area contributed by atoms with Crippen LogP contribution >= 0.6 is 7.26 Å². The highest BCUT2D eigenvalue weighted by atomic mass is 31.2. The third kappa shape index (κ3) is 4.23. The van der Waals surface area contributed by atoms with Crippen molar-refractivity contribution in [3.63, 3.8) is 0 Å². The average Bonchev–Trinajstić information content (AvgIpc) is 2.74. The number of benzene rings is 3. The van der Waals surface area contributed by atoms with Gasteiger partial charge in [0, 0.05) is 0 Å². The van der Waals surface area contributed by atoms with Gasteiger partial charge in [0.2, 0.25) is 0 Å². The SMILES string of the molecule is CCOC(=C[P+](c1ccccc1)(c1ccccc1)c1ccccc1)OCC. The van der Waals surface area contributed by atoms with E-state index in [1.807, 2.05) is 13.8 Å². The summed E-state index contributed by atoms with van der Waals surface area (Å²) >= 11 is 0. The Labute approximate surface area is 162 Å². The van der Waals surface area contributed by atoms with E-state index in [0.717, 1.165) is 0 Å². The van der Waals surface area contributed by atoms with Crippen molar-refractivity contribution in [1.82, 2.24) is 0 Å². The number of ether oxygens (including phenoxy) is 2. The molecule has 3 aromatic carbocycles. The first-order valence-electron chi connectivity index (χ1n) is 9.35. The van der Waals surface area contributed by atoms with Crippen LogP contribution in [0.4, 0.5) is 0 Å². The Bertz CT molecular complexity index is 741. The fourth-order valence-corrected chi connectivity index (χ4v) is 6.95. The molecule has 0 N–H and O–H groups in total. The van der Waals surface area contributed by atoms with Crippen LogP contribution in [0.2, 0.25) is 0 Å². The number of rotatable bonds is 8. The topological polar surface area (TPSA) is 18.5 Å². The van der Waals surface area contributed by atoms with Crippen molar-refractivity contribution in [2.75, 3.05) is 13.2 Å². The lowest BCUT2D eigenvalue weighted by molar-refractivity contribution is 0.0477. The molecule has 0 unspecified atom stereocenters. The van der Waals surface area contributed by atoms with E-state index >= 15 is 0 Å². The highest BCUT2D eigenvalue weighted by Gasteiger charge is 2.45. The molecule has 0 aliphatic heterocycles. The first kappa shape index (κ1) is 19.2. The molecule has 0 fully saturated rings. The zero-order valence-corrected chi connectivity index (χ0v) is 16.8. The van der Waals surface area contributed by atoms with Crippen molar-refractivity contribution < 1.29 is 9.47 Å². The van der Waals surface area contributed by atoms with Gasteiger partial charge in [-0.1, -0.05) is 54.6 Å². The lowest BCUT2D eigenvalue weighted by Gasteiger charge is -2.24. The molecule has 0 spiro atoms. The molecule has 0 amide bonds. The van der Waals surface area contributed by atoms with Crippen LogP contribution in [0, 0.1) is 0 Å². The van der Waals surface area contributed by atoms with Gasteiger partial charge in [0.15, 0.2) is 5.82 Å². The van der Waals surface area contributed by atoms with Gasteiger partial charge in [0.1, 0.15) is 23.2 Å². The summed E-state index contributed by atoms with van der Waals surface area (Å²) < 4.78 is 11.7. The minimum Gasteiger partial charge on any atom is -0.463 e. The fraction of sp³-hybridized carbons (Fsp3) is 0.167. The van der Waals surface area contributed by atoms with Gasteiger partial charge in [-0.15, -0.1) is 0 Å². The zero-order chi connectivity index (χ0) is 19.0. The summed E-state index contributed by atoms with van der Waals surface area (Å²) in [5, 5.41) is 3.83. The van der Waals surface area contributed by atoms with Gasteiger partial charge in [-0.3, -0.25) is 0 Å². The third-order valence-electron chi connectivity index (χ3n) is 4.36. The minimum absolute atomic E-state index is 0.574. The molecule has 0 heterocycles. The zero-order valence-electron chi connectivity index (χ0n) is 15.9. The van der Waals surface area contributed by atoms with Crippen molar-refractivity contribution in [1.29, 1.82) is 0 Å². The summed E-state index contributed by atoms with van der Waals surface area (Å²) in [6, 6.07) is 32.0. The highest BCUT2D eigenvalue weighted by Crippen LogP contribution is 2.57. The molecule has 0 saturated carbocycles. The summed E-state index contributed by atoms with van der Waals surface area (Å²) in [5.74, 6) is 2.82. The van der Waals surface area contributed by atoms with Crippen molar-refractivity contribution in [2.24, 2.45) is 0 Å². The summed E-state index contributed by atoms with van der Waals surface area (Å²) in [6.45, 7) is 5.12. The summed E-state index contributed by atoms with van der Waals surface area (Å²) in [6.07, 6.45) is 0. The van der Waals surface area contributed by atoms with Gasteiger partial charge in [-0.2, -0.15) is 0 Å². The molecule has 3 heteroatoms. The second kappa shape index (κ2) is 9.39. The maximum Gasteiger partial charge on any atom is 0.317 e. The average molecular weight is 377 g/mol. The molecule has 0 aliphatic rings. The van der Waals surface area contributed by atoms with Crippen molar-refractivity contribution in [3.8, 4) is 0 Å². The van der Waals surface area contributed by atoms with E-state index < -0.39 is 7.26 Å². The van der Waals surface area contributed by atoms with E-state index in [1.54, 1.807) is 0 Å². The van der Waals surface area contributed by atoms with Crippen LogP contribution in [0.25, 0.3) is 0 Å². The first-order chi connectivity index (χ1) is 13.3. The number of hydrogen-bond donors (Lipinski definition) is 0. The molecule has 0 saturated heterocycles. The molecule has 138 valence electrons. The van der Waals surface area contributed by atoms with E-state index in [4.69, 9.17) is 9.47 Å². The molecule has 0 bridgehead atoms. The monoisotopic (exact) mass is 377 g/mol. The molecule has 3 aromatic rings. The quantitative estimate of drug-likeness (QED) is 0.413. The van der Waals surface area contributed by atoms with Gasteiger partial charge in [0.25, 0.3) is 0 Å². The smallest absolute Gasteiger partial charge is 0.317 e. The lowest BCUT2D eigenvalue weighted by atomic mass is 10.4. The molecule has 2 nitrogen and oxygen atoms in total. The van der Waals surface area contributed by atoms with Gasteiger partial charge >= 0.3 is 5.95 Å². The van der Waals surface area contributed by atoms with Gasteiger partial charge in [0.05, 0.1) is 13.2 Å². The normalized spacial score (nSPS) is 10.9. The van der Waals surface area contributed by atoms with Crippen LogP contribution in [0.5, 0.6) is 0 Å². The van der Waals surface area contributed by atoms with Crippen molar-refractivity contribution >= 4 is 23.2 Å². The molecular formula is C24H26O2P+. The second-order valence-corrected chi connectivity index (χ2v) is 9.30. The molecule has 0 radical (unpaired) electrons. The third-order valence-corrected chi connectivity index (χ3v) is 8.30. The molecule has 27 heavy (non-hydrogen) atoms. The summed E-state index contributed by atoms with van der Waals surface area (Å²) in [5.41, 5.74) is 0. The van der Waals surface area contributed by atoms with Crippen LogP contribution < -0.4 is 15.9 Å². The maximum atomic E-state index is 5.87. The second-order valence-electron chi connectivity index (χ2n) is 6.04. The predicted octanol–water partition coefficient (Wildman–Crippen LogP) is 4.85. The molecule has 0 aliphatic carbocycles. The van der Waals surface area contributed by atoms with Crippen LogP contribution in [0.1, 0.15) is 13.8 Å². The first-order valence-corrected chi connectivity index (χ1v) is 11.2. The Morgan fingerprint density at radius 3 is 1.26 bits per heavy atom. The van der Waals surface area contributed by atoms with Crippen LogP contribution in [0.15, 0.2) is 103 Å². The molecule has 3 rings (SSSR count). The number of hydrogen-bond acceptors (Lipinski definition) is 2. The molecular weight excluding hydrogens is 351 g/mol. The van der Waals surface area contributed by atoms with Crippen molar-refractivity contribution in [2.45, 2.75) is 13.8 Å². The standard InChI is InChI=1S/C24H26O2P/c1-3-25-24(26-4-2)20-27(21-14-8-5-9-15-21,22-16-10-6-11-17-22)23-18-12-7-13-19-23/h5-20H,3-4H2,1-2H3/q+1. The van der Waals surface area contributed by atoms with Gasteiger partial charge in [-0.05, 0) is 50.2 Å². The van der Waals surface area contributed by atoms with Gasteiger partial charge in [-0.25, -0.2) is 0 Å². The fourth-order valence-electron chi connectivity index (χ4n) is 3.22. The van der Waals surface area contributed by atoms with Crippen LogP contribution in [-0.2, 0) is 9.47 Å². The highest BCUT2D eigenvalue weighted by molar-refractivity contribution is 7.98. The predicted molar refractivity (Wildman–Crippen MR) is 116 cm³/mol. The van der Waals surface area contributed by atoms with Gasteiger partial charge < -0.3 is 9.47 Å². The molecule has 0 atom stereocenters. The van der Waals surface area contributed by atoms with Crippen LogP contribution in [-0.4, -0.2) is 13.2 Å². The van der Waals surface area contributed by atoms with E-state index in [2.05, 4.69) is 96.8 Å². The summed E-state index contributed by atoms with van der Waals surface area (Å²) in [7, 11) is -2.08. The van der Waals surface area contributed by atoms with Crippen LogP contribution in [0.3, 0.4) is 0 Å². The van der Waals surface area contributed by atoms with E-state index in [-0.39, 0.29) is 0 Å². The van der Waals surface area contributed by atoms with Crippen molar-refractivity contribution in [3.05, 3.63) is 103 Å². The lowest BCUT2D eigenvalue weighted by Crippen LogP contribution is -2.30.